The molecule has 0 saturated carbocycles. The zero-order chi connectivity index (χ0) is 12.4. The van der Waals surface area contributed by atoms with E-state index >= 15 is 0 Å². The average molecular weight is 267 g/mol. The Balaban J connectivity index is 2.21. The molecule has 1 heterocycles. The van der Waals surface area contributed by atoms with E-state index in [-0.39, 0.29) is 5.91 Å². The van der Waals surface area contributed by atoms with E-state index in [1.807, 2.05) is 19.9 Å². The van der Waals surface area contributed by atoms with E-state index in [4.69, 9.17) is 11.6 Å². The molecule has 2 rings (SSSR count). The van der Waals surface area contributed by atoms with Crippen molar-refractivity contribution in [3.63, 3.8) is 0 Å². The lowest BCUT2D eigenvalue weighted by Gasteiger charge is -2.07. The Bertz CT molecular complexity index is 565. The number of carbonyl (C=O) groups is 1. The average Bonchev–Trinajstić information content (AvgIpc) is 2.72. The molecule has 0 spiro atoms. The molecule has 88 valence electrons. The quantitative estimate of drug-likeness (QED) is 0.901. The third-order valence-corrected chi connectivity index (χ3v) is 3.48. The molecule has 1 amide bonds. The number of nitrogens with one attached hydrogen (secondary N) is 1. The van der Waals surface area contributed by atoms with E-state index in [0.29, 0.717) is 16.4 Å². The maximum Gasteiger partial charge on any atom is 0.275 e. The molecular weight excluding hydrogens is 256 g/mol. The minimum absolute atomic E-state index is 0.209. The van der Waals surface area contributed by atoms with Crippen molar-refractivity contribution in [2.24, 2.45) is 0 Å². The number of anilines is 1. The van der Waals surface area contributed by atoms with Crippen LogP contribution in [0.1, 0.15) is 20.9 Å². The minimum Gasteiger partial charge on any atom is -0.320 e. The number of halogens is 1. The van der Waals surface area contributed by atoms with Crippen LogP contribution in [-0.2, 0) is 0 Å². The van der Waals surface area contributed by atoms with E-state index in [2.05, 4.69) is 9.69 Å². The lowest BCUT2D eigenvalue weighted by atomic mass is 10.2. The Hall–Kier alpha value is -1.39. The van der Waals surface area contributed by atoms with Crippen LogP contribution in [0.5, 0.6) is 0 Å². The second-order valence-electron chi connectivity index (χ2n) is 3.69. The highest BCUT2D eigenvalue weighted by Crippen LogP contribution is 2.23. The minimum atomic E-state index is -0.209. The Labute approximate surface area is 109 Å². The number of carbonyl (C=O) groups excluding carboxylic acids is 1. The predicted molar refractivity (Wildman–Crippen MR) is 71.0 cm³/mol. The van der Waals surface area contributed by atoms with Gasteiger partial charge in [0.25, 0.3) is 5.91 Å². The summed E-state index contributed by atoms with van der Waals surface area (Å²) < 4.78 is 4.06. The number of hydrogen-bond donors (Lipinski definition) is 1. The second-order valence-corrected chi connectivity index (χ2v) is 5.11. The standard InChI is InChI=1S/C12H11ClN2OS/c1-7-6-11(15-17-7)12(16)14-10-5-3-4-9(13)8(10)2/h3-6H,1-2H3,(H,14,16). The molecule has 3 nitrogen and oxygen atoms in total. The number of aryl methyl sites for hydroxylation is 1. The van der Waals surface area contributed by atoms with E-state index in [1.54, 1.807) is 18.2 Å². The Morgan fingerprint density at radius 2 is 2.18 bits per heavy atom. The SMILES string of the molecule is Cc1cc(C(=O)Nc2cccc(Cl)c2C)ns1. The predicted octanol–water partition coefficient (Wildman–Crippen LogP) is 3.67. The van der Waals surface area contributed by atoms with Gasteiger partial charge in [0.2, 0.25) is 0 Å². The molecular formula is C12H11ClN2OS. The molecule has 0 unspecified atom stereocenters. The normalized spacial score (nSPS) is 10.3. The van der Waals surface area contributed by atoms with Crippen molar-refractivity contribution in [1.82, 2.24) is 4.37 Å². The first-order chi connectivity index (χ1) is 8.08. The van der Waals surface area contributed by atoms with Gasteiger partial charge in [-0.1, -0.05) is 17.7 Å². The lowest BCUT2D eigenvalue weighted by molar-refractivity contribution is 0.102. The number of rotatable bonds is 2. The molecule has 0 aliphatic rings. The van der Waals surface area contributed by atoms with Crippen LogP contribution in [-0.4, -0.2) is 10.3 Å². The molecule has 0 atom stereocenters. The van der Waals surface area contributed by atoms with Crippen LogP contribution in [0.4, 0.5) is 5.69 Å². The van der Waals surface area contributed by atoms with Gasteiger partial charge in [0, 0.05) is 15.6 Å². The van der Waals surface area contributed by atoms with Crippen molar-refractivity contribution in [1.29, 1.82) is 0 Å². The number of hydrogen-bond acceptors (Lipinski definition) is 3. The molecule has 17 heavy (non-hydrogen) atoms. The van der Waals surface area contributed by atoms with Crippen LogP contribution < -0.4 is 5.32 Å². The fraction of sp³-hybridized carbons (Fsp3) is 0.167. The molecule has 0 bridgehead atoms. The molecule has 0 fully saturated rings. The zero-order valence-corrected chi connectivity index (χ0v) is 11.0. The van der Waals surface area contributed by atoms with Crippen molar-refractivity contribution < 1.29 is 4.79 Å². The third kappa shape index (κ3) is 2.65. The second kappa shape index (κ2) is 4.85. The van der Waals surface area contributed by atoms with Crippen LogP contribution in [0.15, 0.2) is 24.3 Å². The highest BCUT2D eigenvalue weighted by molar-refractivity contribution is 7.05. The number of amides is 1. The maximum absolute atomic E-state index is 11.9. The van der Waals surface area contributed by atoms with Gasteiger partial charge < -0.3 is 5.32 Å². The van der Waals surface area contributed by atoms with E-state index in [9.17, 15) is 4.79 Å². The Kier molecular flexibility index (Phi) is 3.45. The van der Waals surface area contributed by atoms with E-state index in [1.165, 1.54) is 11.5 Å². The van der Waals surface area contributed by atoms with E-state index in [0.717, 1.165) is 10.4 Å². The molecule has 5 heteroatoms. The summed E-state index contributed by atoms with van der Waals surface area (Å²) in [6.45, 7) is 3.78. The number of nitrogens with zero attached hydrogens (tertiary/aromatic N) is 1. The first kappa shape index (κ1) is 12.1. The Morgan fingerprint density at radius 1 is 1.41 bits per heavy atom. The molecule has 0 saturated heterocycles. The van der Waals surface area contributed by atoms with Crippen LogP contribution >= 0.6 is 23.1 Å². The van der Waals surface area contributed by atoms with Gasteiger partial charge >= 0.3 is 0 Å². The summed E-state index contributed by atoms with van der Waals surface area (Å²) >= 11 is 7.30. The van der Waals surface area contributed by atoms with Gasteiger partial charge in [0.05, 0.1) is 0 Å². The smallest absolute Gasteiger partial charge is 0.275 e. The van der Waals surface area contributed by atoms with Crippen molar-refractivity contribution in [2.75, 3.05) is 5.32 Å². The number of aromatic nitrogens is 1. The van der Waals surface area contributed by atoms with Crippen LogP contribution in [0.3, 0.4) is 0 Å². The van der Waals surface area contributed by atoms with Gasteiger partial charge in [-0.2, -0.15) is 4.37 Å². The van der Waals surface area contributed by atoms with Gasteiger partial charge in [0.1, 0.15) is 5.69 Å². The topological polar surface area (TPSA) is 42.0 Å². The molecule has 2 aromatic rings. The van der Waals surface area contributed by atoms with Gasteiger partial charge in [-0.15, -0.1) is 0 Å². The molecule has 0 radical (unpaired) electrons. The highest BCUT2D eigenvalue weighted by atomic mass is 35.5. The first-order valence-corrected chi connectivity index (χ1v) is 6.23. The fourth-order valence-corrected chi connectivity index (χ4v) is 2.12. The summed E-state index contributed by atoms with van der Waals surface area (Å²) in [5.41, 5.74) is 2.01. The van der Waals surface area contributed by atoms with Crippen molar-refractivity contribution in [2.45, 2.75) is 13.8 Å². The molecule has 1 aromatic heterocycles. The van der Waals surface area contributed by atoms with Gasteiger partial charge in [0.15, 0.2) is 0 Å². The molecule has 1 aromatic carbocycles. The van der Waals surface area contributed by atoms with Crippen LogP contribution in [0.2, 0.25) is 5.02 Å². The summed E-state index contributed by atoms with van der Waals surface area (Å²) in [5.74, 6) is -0.209. The van der Waals surface area contributed by atoms with Crippen molar-refractivity contribution in [3.05, 3.63) is 45.4 Å². The van der Waals surface area contributed by atoms with E-state index < -0.39 is 0 Å². The summed E-state index contributed by atoms with van der Waals surface area (Å²) in [6.07, 6.45) is 0. The fourth-order valence-electron chi connectivity index (χ4n) is 1.40. The van der Waals surface area contributed by atoms with Gasteiger partial charge in [-0.3, -0.25) is 4.79 Å². The molecule has 1 N–H and O–H groups in total. The van der Waals surface area contributed by atoms with Gasteiger partial charge in [-0.25, -0.2) is 0 Å². The highest BCUT2D eigenvalue weighted by Gasteiger charge is 2.11. The largest absolute Gasteiger partial charge is 0.320 e. The Morgan fingerprint density at radius 3 is 2.82 bits per heavy atom. The summed E-state index contributed by atoms with van der Waals surface area (Å²) in [6, 6.07) is 7.18. The summed E-state index contributed by atoms with van der Waals surface area (Å²) in [5, 5.41) is 3.44. The third-order valence-electron chi connectivity index (χ3n) is 2.38. The van der Waals surface area contributed by atoms with Crippen molar-refractivity contribution in [3.8, 4) is 0 Å². The molecule has 0 aliphatic carbocycles. The number of benzene rings is 1. The summed E-state index contributed by atoms with van der Waals surface area (Å²) in [4.78, 5) is 12.9. The molecule has 0 aliphatic heterocycles. The zero-order valence-electron chi connectivity index (χ0n) is 9.45. The summed E-state index contributed by atoms with van der Waals surface area (Å²) in [7, 11) is 0. The van der Waals surface area contributed by atoms with Crippen LogP contribution in [0, 0.1) is 13.8 Å². The first-order valence-electron chi connectivity index (χ1n) is 5.07. The monoisotopic (exact) mass is 266 g/mol. The van der Waals surface area contributed by atoms with Gasteiger partial charge in [-0.05, 0) is 49.1 Å². The van der Waals surface area contributed by atoms with Crippen molar-refractivity contribution >= 4 is 34.7 Å². The maximum atomic E-state index is 11.9. The lowest BCUT2D eigenvalue weighted by Crippen LogP contribution is -2.13. The van der Waals surface area contributed by atoms with Crippen LogP contribution in [0.25, 0.3) is 0 Å².